The predicted octanol–water partition coefficient (Wildman–Crippen LogP) is 1.84. The van der Waals surface area contributed by atoms with E-state index < -0.39 is 163 Å². The molecule has 104 heavy (non-hydrogen) atoms. The summed E-state index contributed by atoms with van der Waals surface area (Å²) in [7, 11) is 2.51. The highest BCUT2D eigenvalue weighted by Crippen LogP contribution is 2.61. The summed E-state index contributed by atoms with van der Waals surface area (Å²) >= 11 is 9.00. The van der Waals surface area contributed by atoms with E-state index in [0.717, 1.165) is 0 Å². The number of nitrogens with one attached hydrogen (secondary N) is 3. The topological polar surface area (TPSA) is 533 Å². The van der Waals surface area contributed by atoms with Crippen LogP contribution >= 0.6 is 75.0 Å². The fourth-order valence-electron chi connectivity index (χ4n) is 9.44. The molecule has 0 bridgehead atoms. The van der Waals surface area contributed by atoms with Crippen molar-refractivity contribution in [1.29, 1.82) is 0 Å². The molecule has 17 unspecified atom stereocenters. The molecule has 0 aromatic rings. The van der Waals surface area contributed by atoms with Crippen LogP contribution in [0.1, 0.15) is 98.3 Å². The molecule has 2 fully saturated rings. The summed E-state index contributed by atoms with van der Waals surface area (Å²) in [5.41, 5.74) is -1.08. The van der Waals surface area contributed by atoms with Crippen LogP contribution in [0.3, 0.4) is 0 Å². The summed E-state index contributed by atoms with van der Waals surface area (Å²) in [6.45, 7) is -13.8. The molecule has 13 N–H and O–H groups in total. The van der Waals surface area contributed by atoms with Crippen LogP contribution < -0.4 is 16.0 Å². The summed E-state index contributed by atoms with van der Waals surface area (Å²) < 4.78 is 159. The van der Waals surface area contributed by atoms with Crippen molar-refractivity contribution in [3.63, 3.8) is 0 Å². The Hall–Kier alpha value is -0.430. The Bertz CT molecular complexity index is 2520. The molecule has 0 aromatic carbocycles. The second-order valence-corrected chi connectivity index (χ2v) is 36.7. The first kappa shape index (κ1) is 99.6. The second-order valence-electron chi connectivity index (χ2n) is 23.7. The van der Waals surface area contributed by atoms with Gasteiger partial charge in [0.2, 0.25) is 17.7 Å². The number of hydrogen-bond acceptors (Lipinski definition) is 37. The lowest BCUT2D eigenvalue weighted by Gasteiger charge is -2.42. The average Bonchev–Trinajstić information content (AvgIpc) is 0.814. The van der Waals surface area contributed by atoms with Gasteiger partial charge in [0, 0.05) is 67.0 Å². The van der Waals surface area contributed by atoms with E-state index in [0.29, 0.717) is 61.9 Å². The van der Waals surface area contributed by atoms with Crippen molar-refractivity contribution in [2.24, 2.45) is 5.41 Å². The van der Waals surface area contributed by atoms with Gasteiger partial charge in [-0.1, -0.05) is 24.5 Å². The highest BCUT2D eigenvalue weighted by molar-refractivity contribution is 8.52. The van der Waals surface area contributed by atoms with E-state index >= 15 is 0 Å². The van der Waals surface area contributed by atoms with Crippen molar-refractivity contribution in [1.82, 2.24) is 16.0 Å². The third-order valence-electron chi connectivity index (χ3n) is 14.6. The summed E-state index contributed by atoms with van der Waals surface area (Å²) in [5.74, 6) is -1.51. The van der Waals surface area contributed by atoms with Crippen LogP contribution in [-0.2, 0) is 120 Å². The molecule has 0 spiro atoms. The fourth-order valence-corrected chi connectivity index (χ4v) is 15.8. The van der Waals surface area contributed by atoms with Gasteiger partial charge in [0.05, 0.1) is 125 Å². The summed E-state index contributed by atoms with van der Waals surface area (Å²) in [6, 6.07) is -3.29. The first-order valence-corrected chi connectivity index (χ1v) is 44.9. The minimum Gasteiger partial charge on any atom is -0.394 e. The zero-order valence-electron chi connectivity index (χ0n) is 59.5. The Labute approximate surface area is 625 Å². The number of thiol groups is 2. The lowest BCUT2D eigenvalue weighted by atomic mass is 9.92. The number of hydrogen-bond donors (Lipinski definition) is 15. The number of unbranched alkanes of at least 4 members (excludes halogenated alkanes) is 4. The van der Waals surface area contributed by atoms with E-state index in [2.05, 4.69) is 44.6 Å². The normalized spacial score (nSPS) is 24.9. The minimum atomic E-state index is -4.05. The molecule has 19 atom stereocenters. The summed E-state index contributed by atoms with van der Waals surface area (Å²) in [5, 5.41) is 97.9. The average molecular weight is 1670 g/mol. The maximum atomic E-state index is 13.7. The summed E-state index contributed by atoms with van der Waals surface area (Å²) in [4.78, 5) is 45.3. The monoisotopic (exact) mass is 1670 g/mol. The maximum absolute atomic E-state index is 13.7. The highest BCUT2D eigenvalue weighted by atomic mass is 32.7. The maximum Gasteiger partial charge on any atom is 0.415 e. The molecular formula is C57H113N3O36P4S4. The quantitative estimate of drug-likeness (QED) is 0.0136. The number of carbonyl (C=O) groups is 3. The van der Waals surface area contributed by atoms with Gasteiger partial charge >= 0.3 is 27.2 Å². The Morgan fingerprint density at radius 1 is 0.500 bits per heavy atom. The lowest BCUT2D eigenvalue weighted by Crippen LogP contribution is -2.64. The van der Waals surface area contributed by atoms with E-state index in [4.69, 9.17) is 83.2 Å². The van der Waals surface area contributed by atoms with E-state index in [1.54, 1.807) is 0 Å². The zero-order valence-corrected chi connectivity index (χ0v) is 66.5. The molecule has 2 saturated heterocycles. The predicted molar refractivity (Wildman–Crippen MR) is 379 cm³/mol. The molecule has 39 nitrogen and oxygen atoms in total. The van der Waals surface area contributed by atoms with Gasteiger partial charge in [-0.3, -0.25) is 28.0 Å². The number of carbonyl (C=O) groups excluding carboxylic acids is 3. The Morgan fingerprint density at radius 3 is 1.24 bits per heavy atom. The van der Waals surface area contributed by atoms with Gasteiger partial charge in [0.1, 0.15) is 84.2 Å². The van der Waals surface area contributed by atoms with Crippen LogP contribution in [0.5, 0.6) is 0 Å². The van der Waals surface area contributed by atoms with E-state index in [-0.39, 0.29) is 151 Å². The first-order chi connectivity index (χ1) is 49.4. The van der Waals surface area contributed by atoms with Gasteiger partial charge in [-0.15, -0.1) is 0 Å². The molecule has 2 aliphatic heterocycles. The Morgan fingerprint density at radius 2 is 0.865 bits per heavy atom. The largest absolute Gasteiger partial charge is 0.415 e. The lowest BCUT2D eigenvalue weighted by molar-refractivity contribution is -0.270. The number of rotatable bonds is 65. The molecule has 0 radical (unpaired) electrons. The van der Waals surface area contributed by atoms with Crippen LogP contribution in [0.25, 0.3) is 0 Å². The molecule has 2 aliphatic rings. The van der Waals surface area contributed by atoms with Gasteiger partial charge < -0.3 is 141 Å². The van der Waals surface area contributed by atoms with Crippen LogP contribution in [0.15, 0.2) is 0 Å². The van der Waals surface area contributed by atoms with Gasteiger partial charge in [0.15, 0.2) is 18.9 Å². The second kappa shape index (κ2) is 55.9. The fraction of sp³-hybridized carbons (Fsp3) is 0.947. The van der Waals surface area contributed by atoms with Crippen molar-refractivity contribution in [3.05, 3.63) is 0 Å². The van der Waals surface area contributed by atoms with Crippen molar-refractivity contribution in [2.45, 2.75) is 184 Å². The van der Waals surface area contributed by atoms with Gasteiger partial charge in [-0.2, -0.15) is 0 Å². The number of aliphatic hydroxyl groups excluding tert-OH is 9. The van der Waals surface area contributed by atoms with Gasteiger partial charge in [0.25, 0.3) is 0 Å². The van der Waals surface area contributed by atoms with Crippen molar-refractivity contribution >= 4 is 92.7 Å². The molecule has 0 aromatic heterocycles. The third kappa shape index (κ3) is 43.0. The van der Waals surface area contributed by atoms with Crippen LogP contribution in [-0.4, -0.2) is 314 Å². The Kier molecular flexibility index (Phi) is 53.6. The van der Waals surface area contributed by atoms with E-state index in [1.807, 2.05) is 0 Å². The van der Waals surface area contributed by atoms with Crippen molar-refractivity contribution in [2.75, 3.05) is 160 Å². The Balaban J connectivity index is 2.14. The van der Waals surface area contributed by atoms with E-state index in [1.165, 1.54) is 41.9 Å². The van der Waals surface area contributed by atoms with Gasteiger partial charge in [-0.25, -0.2) is 18.3 Å². The third-order valence-corrected chi connectivity index (χ3v) is 23.2. The number of aliphatic hydroxyl groups is 9. The van der Waals surface area contributed by atoms with Crippen LogP contribution in [0.4, 0.5) is 0 Å². The molecule has 47 heteroatoms. The minimum absolute atomic E-state index is 0.00492. The standard InChI is InChI=1S/C57H113N3O36P4S4/c1-40(65)45(33-62)94-54(44(32-61)58-41(2)66)84-22-8-12-26-88-98(75,101)90-29-15-19-81-37-57(36-80-18-7-11-25-87-97(73,74)103-78-5,38-82-20-16-30-91-99(76,102)89-27-13-9-23-85-55-48(59-42(3)67)52(71)50(69)46(34-63)95-55)39-83-21-17-31-93-100(77,104-79-6)92-28-14-10-24-86-56-49(60-43(4)68)53(72)51(70)47(35-64)96-56/h40,44-56,61-65,69-72H,7-39H2,1-6H3,(H,58,66)(H,59,67)(H,60,68)(H,73,74)(H,75,101)(H,76,102)/t40-,44+,45?,46?,47?,48?,49?,50?,51?,52?,53?,54?,55?,56?,57?,98?,99?,100?/m1/s1. The first-order valence-electron chi connectivity index (χ1n) is 33.7. The number of ether oxygens (including phenoxy) is 10. The molecule has 0 aliphatic carbocycles. The van der Waals surface area contributed by atoms with Gasteiger partial charge in [-0.05, 0) is 77.6 Å². The van der Waals surface area contributed by atoms with Crippen molar-refractivity contribution < 1.29 is 171 Å². The van der Waals surface area contributed by atoms with Crippen LogP contribution in [0, 0.1) is 5.41 Å². The zero-order chi connectivity index (χ0) is 77.6. The molecule has 2 heterocycles. The van der Waals surface area contributed by atoms with E-state index in [9.17, 15) is 83.5 Å². The molecule has 2 rings (SSSR count). The smallest absolute Gasteiger partial charge is 0.394 e. The molecular weight excluding hydrogens is 1550 g/mol. The molecule has 616 valence electrons. The van der Waals surface area contributed by atoms with Crippen LogP contribution in [0.2, 0.25) is 0 Å². The highest BCUT2D eigenvalue weighted by Gasteiger charge is 2.47. The number of amides is 3. The SMILES string of the molecule is COSP(=O)(O)OCCCCOCC(COCCCOP(=O)(S)OCCCCOC1OC(CO)C(O)C(O)C1NC(C)=O)(COCCCOP(=O)(S)OCCCCOC(OC(CO)[C@@H](C)O)[C@H](CO)NC(C)=O)COCCCOP(=O)(OCCCCOC1OC(CO)C(O)C(O)C1NC(C)=O)SOC. The molecule has 3 amide bonds. The molecule has 0 saturated carbocycles. The van der Waals surface area contributed by atoms with Crippen molar-refractivity contribution in [3.8, 4) is 0 Å². The summed E-state index contributed by atoms with van der Waals surface area (Å²) in [6.07, 6.45) is -11.1.